The van der Waals surface area contributed by atoms with Crippen LogP contribution in [0.15, 0.2) is 24.3 Å². The first-order chi connectivity index (χ1) is 12.0. The van der Waals surface area contributed by atoms with Gasteiger partial charge in [0.15, 0.2) is 0 Å². The lowest BCUT2D eigenvalue weighted by Crippen LogP contribution is -2.41. The van der Waals surface area contributed by atoms with Gasteiger partial charge in [0.2, 0.25) is 0 Å². The Morgan fingerprint density at radius 1 is 1.40 bits per heavy atom. The third-order valence-electron chi connectivity index (χ3n) is 4.24. The summed E-state index contributed by atoms with van der Waals surface area (Å²) in [6.45, 7) is 0.205. The Hall–Kier alpha value is -2.54. The zero-order valence-electron chi connectivity index (χ0n) is 13.8. The Morgan fingerprint density at radius 3 is 2.80 bits per heavy atom. The van der Waals surface area contributed by atoms with Crippen LogP contribution in [-0.2, 0) is 9.53 Å². The largest absolute Gasteiger partial charge is 0.480 e. The van der Waals surface area contributed by atoms with E-state index in [0.717, 1.165) is 18.5 Å². The molecule has 1 heterocycles. The maximum absolute atomic E-state index is 13.6. The second kappa shape index (κ2) is 7.14. The lowest BCUT2D eigenvalue weighted by molar-refractivity contribution is -0.139. The molecule has 3 rings (SSSR count). The van der Waals surface area contributed by atoms with E-state index in [2.05, 4.69) is 10.3 Å². The molecule has 1 unspecified atom stereocenters. The number of ether oxygens (including phenoxy) is 1. The van der Waals surface area contributed by atoms with Gasteiger partial charge in [-0.2, -0.15) is 0 Å². The van der Waals surface area contributed by atoms with E-state index in [-0.39, 0.29) is 18.6 Å². The number of carboxylic acid groups (broad SMARTS) is 1. The average Bonchev–Trinajstić information content (AvgIpc) is 3.42. The van der Waals surface area contributed by atoms with Crippen LogP contribution < -0.4 is 5.32 Å². The van der Waals surface area contributed by atoms with Gasteiger partial charge in [-0.3, -0.25) is 9.78 Å². The first-order valence-corrected chi connectivity index (χ1v) is 8.12. The van der Waals surface area contributed by atoms with E-state index >= 15 is 0 Å². The van der Waals surface area contributed by atoms with Crippen molar-refractivity contribution >= 4 is 22.8 Å². The number of benzene rings is 1. The van der Waals surface area contributed by atoms with Gasteiger partial charge in [0, 0.05) is 37.1 Å². The summed E-state index contributed by atoms with van der Waals surface area (Å²) in [7, 11) is 1.46. The average molecular weight is 346 g/mol. The van der Waals surface area contributed by atoms with Crippen LogP contribution in [0.5, 0.6) is 0 Å². The van der Waals surface area contributed by atoms with Crippen molar-refractivity contribution in [3.63, 3.8) is 0 Å². The highest BCUT2D eigenvalue weighted by molar-refractivity contribution is 6.07. The zero-order valence-corrected chi connectivity index (χ0v) is 13.8. The number of pyridine rings is 1. The summed E-state index contributed by atoms with van der Waals surface area (Å²) in [5.74, 6) is -1.86. The molecular weight excluding hydrogens is 327 g/mol. The molecule has 1 fully saturated rings. The molecule has 1 aromatic carbocycles. The summed E-state index contributed by atoms with van der Waals surface area (Å²) in [6, 6.07) is 4.65. The number of halogens is 1. The molecule has 6 nitrogen and oxygen atoms in total. The fourth-order valence-electron chi connectivity index (χ4n) is 2.72. The van der Waals surface area contributed by atoms with E-state index in [1.807, 2.05) is 0 Å². The molecule has 1 amide bonds. The van der Waals surface area contributed by atoms with E-state index in [1.165, 1.54) is 25.3 Å². The molecule has 0 saturated heterocycles. The molecule has 0 radical (unpaired) electrons. The molecule has 0 aliphatic heterocycles. The predicted octanol–water partition coefficient (Wildman–Crippen LogP) is 2.47. The Balaban J connectivity index is 1.96. The standard InChI is InChI=1S/C18H19FN2O4/c1-25-7-6-15(18(23)24)21-17(22)13-9-16(10-2-3-10)20-14-5-4-11(19)8-12(13)14/h4-5,8-10,15H,2-3,6-7H2,1H3,(H,21,22)(H,23,24). The number of carbonyl (C=O) groups excluding carboxylic acids is 1. The van der Waals surface area contributed by atoms with Crippen molar-refractivity contribution in [3.8, 4) is 0 Å². The number of carbonyl (C=O) groups is 2. The first kappa shape index (κ1) is 17.3. The van der Waals surface area contributed by atoms with Crippen LogP contribution in [0, 0.1) is 5.82 Å². The molecule has 0 bridgehead atoms. The fraction of sp³-hybridized carbons (Fsp3) is 0.389. The van der Waals surface area contributed by atoms with E-state index < -0.39 is 23.7 Å². The van der Waals surface area contributed by atoms with Crippen LogP contribution in [-0.4, -0.2) is 41.7 Å². The van der Waals surface area contributed by atoms with Crippen LogP contribution in [0.25, 0.3) is 10.9 Å². The fourth-order valence-corrected chi connectivity index (χ4v) is 2.72. The number of aliphatic carboxylic acids is 1. The molecule has 132 valence electrons. The molecule has 1 aromatic heterocycles. The van der Waals surface area contributed by atoms with Crippen LogP contribution in [0.2, 0.25) is 0 Å². The predicted molar refractivity (Wildman–Crippen MR) is 89.1 cm³/mol. The van der Waals surface area contributed by atoms with Crippen molar-refractivity contribution in [2.24, 2.45) is 0 Å². The van der Waals surface area contributed by atoms with E-state index in [4.69, 9.17) is 4.74 Å². The van der Waals surface area contributed by atoms with Gasteiger partial charge in [0.05, 0.1) is 11.1 Å². The second-order valence-electron chi connectivity index (χ2n) is 6.18. The third kappa shape index (κ3) is 3.93. The van der Waals surface area contributed by atoms with Crippen LogP contribution >= 0.6 is 0 Å². The maximum atomic E-state index is 13.6. The van der Waals surface area contributed by atoms with Gasteiger partial charge in [0.25, 0.3) is 5.91 Å². The molecule has 1 atom stereocenters. The Bertz CT molecular complexity index is 820. The number of hydrogen-bond acceptors (Lipinski definition) is 4. The van der Waals surface area contributed by atoms with Gasteiger partial charge in [0.1, 0.15) is 11.9 Å². The highest BCUT2D eigenvalue weighted by Gasteiger charge is 2.28. The molecule has 2 N–H and O–H groups in total. The molecule has 7 heteroatoms. The minimum Gasteiger partial charge on any atom is -0.480 e. The SMILES string of the molecule is COCCC(NC(=O)c1cc(C2CC2)nc2ccc(F)cc12)C(=O)O. The van der Waals surface area contributed by atoms with Crippen LogP contribution in [0.3, 0.4) is 0 Å². The van der Waals surface area contributed by atoms with E-state index in [1.54, 1.807) is 6.07 Å². The van der Waals surface area contributed by atoms with Crippen molar-refractivity contribution in [1.29, 1.82) is 0 Å². The smallest absolute Gasteiger partial charge is 0.326 e. The number of rotatable bonds is 7. The summed E-state index contributed by atoms with van der Waals surface area (Å²) in [6.07, 6.45) is 2.16. The summed E-state index contributed by atoms with van der Waals surface area (Å²) in [5, 5.41) is 12.1. The van der Waals surface area contributed by atoms with Gasteiger partial charge < -0.3 is 15.2 Å². The number of nitrogens with one attached hydrogen (secondary N) is 1. The molecule has 1 saturated carbocycles. The quantitative estimate of drug-likeness (QED) is 0.804. The van der Waals surface area contributed by atoms with Crippen LogP contribution in [0.4, 0.5) is 4.39 Å². The lowest BCUT2D eigenvalue weighted by atomic mass is 10.0. The molecule has 25 heavy (non-hydrogen) atoms. The number of fused-ring (bicyclic) bond motifs is 1. The van der Waals surface area contributed by atoms with Crippen molar-refractivity contribution in [2.45, 2.75) is 31.2 Å². The van der Waals surface area contributed by atoms with Crippen molar-refractivity contribution in [2.75, 3.05) is 13.7 Å². The van der Waals surface area contributed by atoms with Gasteiger partial charge in [-0.05, 0) is 37.1 Å². The van der Waals surface area contributed by atoms with E-state index in [0.29, 0.717) is 16.8 Å². The van der Waals surface area contributed by atoms with Crippen LogP contribution in [0.1, 0.15) is 41.2 Å². The molecule has 2 aromatic rings. The van der Waals surface area contributed by atoms with Gasteiger partial charge in [-0.15, -0.1) is 0 Å². The Morgan fingerprint density at radius 2 is 2.16 bits per heavy atom. The highest BCUT2D eigenvalue weighted by Crippen LogP contribution is 2.40. The third-order valence-corrected chi connectivity index (χ3v) is 4.24. The number of methoxy groups -OCH3 is 1. The van der Waals surface area contributed by atoms with Gasteiger partial charge >= 0.3 is 5.97 Å². The van der Waals surface area contributed by atoms with Gasteiger partial charge in [-0.1, -0.05) is 0 Å². The summed E-state index contributed by atoms with van der Waals surface area (Å²) >= 11 is 0. The number of aromatic nitrogens is 1. The van der Waals surface area contributed by atoms with Gasteiger partial charge in [-0.25, -0.2) is 9.18 Å². The Labute approximate surface area is 144 Å². The second-order valence-corrected chi connectivity index (χ2v) is 6.18. The number of nitrogens with zero attached hydrogens (tertiary/aromatic N) is 1. The Kier molecular flexibility index (Phi) is 4.94. The van der Waals surface area contributed by atoms with Crippen molar-refractivity contribution in [3.05, 3.63) is 41.3 Å². The van der Waals surface area contributed by atoms with Crippen molar-refractivity contribution in [1.82, 2.24) is 10.3 Å². The number of amides is 1. The van der Waals surface area contributed by atoms with Crippen molar-refractivity contribution < 1.29 is 23.8 Å². The molecule has 0 spiro atoms. The topological polar surface area (TPSA) is 88.5 Å². The molecule has 1 aliphatic carbocycles. The monoisotopic (exact) mass is 346 g/mol. The maximum Gasteiger partial charge on any atom is 0.326 e. The minimum atomic E-state index is -1.14. The highest BCUT2D eigenvalue weighted by atomic mass is 19.1. The summed E-state index contributed by atoms with van der Waals surface area (Å²) in [4.78, 5) is 28.5. The molecule has 1 aliphatic rings. The first-order valence-electron chi connectivity index (χ1n) is 8.12. The summed E-state index contributed by atoms with van der Waals surface area (Å²) in [5.41, 5.74) is 1.56. The van der Waals surface area contributed by atoms with E-state index in [9.17, 15) is 19.1 Å². The lowest BCUT2D eigenvalue weighted by Gasteiger charge is -2.15. The minimum absolute atomic E-state index is 0.143. The molecular formula is C18H19FN2O4. The zero-order chi connectivity index (χ0) is 18.0. The number of carboxylic acids is 1. The normalized spacial score (nSPS) is 15.1. The number of hydrogen-bond donors (Lipinski definition) is 2. The summed E-state index contributed by atoms with van der Waals surface area (Å²) < 4.78 is 18.5.